The minimum absolute atomic E-state index is 0. The molecular weight excluding hydrogens is 391 g/mol. The van der Waals surface area contributed by atoms with Gasteiger partial charge in [-0.25, -0.2) is 4.99 Å². The van der Waals surface area contributed by atoms with Crippen molar-refractivity contribution in [3.05, 3.63) is 24.2 Å². The third-order valence-electron chi connectivity index (χ3n) is 3.43. The second-order valence-electron chi connectivity index (χ2n) is 5.48. The minimum atomic E-state index is 0. The molecule has 0 bridgehead atoms. The summed E-state index contributed by atoms with van der Waals surface area (Å²) in [6.45, 7) is 10.0. The molecular formula is C16H31IN4O. The molecule has 0 spiro atoms. The number of furan rings is 1. The van der Waals surface area contributed by atoms with Gasteiger partial charge < -0.3 is 20.0 Å². The fraction of sp³-hybridized carbons (Fsp3) is 0.688. The third-order valence-corrected chi connectivity index (χ3v) is 3.43. The highest BCUT2D eigenvalue weighted by Crippen LogP contribution is 2.01. The van der Waals surface area contributed by atoms with Crippen LogP contribution in [0.4, 0.5) is 0 Å². The summed E-state index contributed by atoms with van der Waals surface area (Å²) in [5.74, 6) is 1.73. The van der Waals surface area contributed by atoms with Gasteiger partial charge >= 0.3 is 0 Å². The zero-order valence-corrected chi connectivity index (χ0v) is 16.6. The molecule has 5 nitrogen and oxygen atoms in total. The first kappa shape index (κ1) is 21.2. The van der Waals surface area contributed by atoms with Crippen LogP contribution in [0.5, 0.6) is 0 Å². The van der Waals surface area contributed by atoms with Crippen LogP contribution in [0.15, 0.2) is 27.8 Å². The molecule has 2 N–H and O–H groups in total. The average Bonchev–Trinajstić information content (AvgIpc) is 2.97. The highest BCUT2D eigenvalue weighted by atomic mass is 127. The van der Waals surface area contributed by atoms with Crippen LogP contribution in [-0.2, 0) is 6.54 Å². The topological polar surface area (TPSA) is 52.8 Å². The molecule has 1 aromatic heterocycles. The Hall–Kier alpha value is -0.760. The molecule has 0 aliphatic carbocycles. The van der Waals surface area contributed by atoms with Crippen LogP contribution in [0.1, 0.15) is 39.4 Å². The molecule has 1 aromatic rings. The Kier molecular flexibility index (Phi) is 12.3. The molecule has 0 radical (unpaired) electrons. The molecule has 1 heterocycles. The van der Waals surface area contributed by atoms with Gasteiger partial charge in [-0.2, -0.15) is 0 Å². The molecule has 0 unspecified atom stereocenters. The van der Waals surface area contributed by atoms with E-state index in [0.717, 1.165) is 37.8 Å². The molecule has 0 atom stereocenters. The number of hydrogen-bond acceptors (Lipinski definition) is 3. The monoisotopic (exact) mass is 422 g/mol. The highest BCUT2D eigenvalue weighted by molar-refractivity contribution is 14.0. The average molecular weight is 422 g/mol. The van der Waals surface area contributed by atoms with Crippen molar-refractivity contribution in [2.45, 2.75) is 46.2 Å². The number of hydrogen-bond donors (Lipinski definition) is 2. The van der Waals surface area contributed by atoms with Crippen LogP contribution in [0, 0.1) is 0 Å². The number of guanidine groups is 1. The Balaban J connectivity index is 0.00000441. The van der Waals surface area contributed by atoms with Crippen molar-refractivity contribution in [2.75, 3.05) is 26.7 Å². The van der Waals surface area contributed by atoms with Gasteiger partial charge in [0.1, 0.15) is 12.3 Å². The van der Waals surface area contributed by atoms with E-state index in [1.54, 1.807) is 6.26 Å². The molecule has 0 aliphatic heterocycles. The zero-order chi connectivity index (χ0) is 15.5. The van der Waals surface area contributed by atoms with Crippen molar-refractivity contribution in [1.82, 2.24) is 15.5 Å². The van der Waals surface area contributed by atoms with Gasteiger partial charge in [-0.15, -0.1) is 24.0 Å². The standard InChI is InChI=1S/C16H30N4O.HI/c1-5-17-16(19-13-15-9-8-12-21-15)18-10-6-7-11-20(4)14(2)3;/h8-9,12,14H,5-7,10-11,13H2,1-4H3,(H2,17,18,19);1H. The molecule has 6 heteroatoms. The molecule has 22 heavy (non-hydrogen) atoms. The van der Waals surface area contributed by atoms with E-state index < -0.39 is 0 Å². The van der Waals surface area contributed by atoms with Gasteiger partial charge in [-0.05, 0) is 59.3 Å². The Bertz CT molecular complexity index is 393. The second kappa shape index (κ2) is 12.8. The van der Waals surface area contributed by atoms with E-state index in [1.165, 1.54) is 6.42 Å². The van der Waals surface area contributed by atoms with E-state index in [4.69, 9.17) is 4.42 Å². The van der Waals surface area contributed by atoms with Crippen molar-refractivity contribution in [1.29, 1.82) is 0 Å². The fourth-order valence-electron chi connectivity index (χ4n) is 1.85. The van der Waals surface area contributed by atoms with E-state index in [2.05, 4.69) is 48.3 Å². The molecule has 0 aliphatic rings. The Labute approximate surface area is 152 Å². The number of rotatable bonds is 9. The van der Waals surface area contributed by atoms with Crippen molar-refractivity contribution < 1.29 is 4.42 Å². The number of unbranched alkanes of at least 4 members (excludes halogenated alkanes) is 1. The van der Waals surface area contributed by atoms with Gasteiger partial charge in [0.15, 0.2) is 5.96 Å². The molecule has 0 saturated heterocycles. The van der Waals surface area contributed by atoms with Gasteiger partial charge in [0, 0.05) is 19.1 Å². The maximum absolute atomic E-state index is 5.29. The normalized spacial score (nSPS) is 11.6. The van der Waals surface area contributed by atoms with Crippen LogP contribution in [0.25, 0.3) is 0 Å². The zero-order valence-electron chi connectivity index (χ0n) is 14.3. The summed E-state index contributed by atoms with van der Waals surface area (Å²) in [7, 11) is 2.17. The SMILES string of the molecule is CCNC(=NCc1ccco1)NCCCCN(C)C(C)C.I. The van der Waals surface area contributed by atoms with Crippen LogP contribution in [0.2, 0.25) is 0 Å². The second-order valence-corrected chi connectivity index (χ2v) is 5.48. The van der Waals surface area contributed by atoms with E-state index in [9.17, 15) is 0 Å². The summed E-state index contributed by atoms with van der Waals surface area (Å²) in [4.78, 5) is 6.88. The molecule has 0 aromatic carbocycles. The predicted molar refractivity (Wildman–Crippen MR) is 104 cm³/mol. The van der Waals surface area contributed by atoms with E-state index in [-0.39, 0.29) is 24.0 Å². The Morgan fingerprint density at radius 1 is 1.32 bits per heavy atom. The predicted octanol–water partition coefficient (Wildman–Crippen LogP) is 3.07. The number of nitrogens with zero attached hydrogens (tertiary/aromatic N) is 2. The maximum Gasteiger partial charge on any atom is 0.191 e. The fourth-order valence-corrected chi connectivity index (χ4v) is 1.85. The van der Waals surface area contributed by atoms with Crippen molar-refractivity contribution in [2.24, 2.45) is 4.99 Å². The molecule has 0 saturated carbocycles. The largest absolute Gasteiger partial charge is 0.467 e. The molecule has 0 amide bonds. The minimum Gasteiger partial charge on any atom is -0.467 e. The van der Waals surface area contributed by atoms with Gasteiger partial charge in [-0.3, -0.25) is 0 Å². The summed E-state index contributed by atoms with van der Waals surface area (Å²) in [5.41, 5.74) is 0. The highest BCUT2D eigenvalue weighted by Gasteiger charge is 2.02. The summed E-state index contributed by atoms with van der Waals surface area (Å²) < 4.78 is 5.29. The summed E-state index contributed by atoms with van der Waals surface area (Å²) in [6, 6.07) is 4.44. The van der Waals surface area contributed by atoms with Crippen molar-refractivity contribution in [3.8, 4) is 0 Å². The van der Waals surface area contributed by atoms with Gasteiger partial charge in [0.05, 0.1) is 6.26 Å². The first-order chi connectivity index (χ1) is 10.1. The summed E-state index contributed by atoms with van der Waals surface area (Å²) >= 11 is 0. The first-order valence-electron chi connectivity index (χ1n) is 7.88. The third kappa shape index (κ3) is 9.30. The van der Waals surface area contributed by atoms with E-state index in [0.29, 0.717) is 12.6 Å². The van der Waals surface area contributed by atoms with Crippen molar-refractivity contribution in [3.63, 3.8) is 0 Å². The molecule has 0 fully saturated rings. The van der Waals surface area contributed by atoms with Crippen LogP contribution in [0.3, 0.4) is 0 Å². The lowest BCUT2D eigenvalue weighted by molar-refractivity contribution is 0.268. The van der Waals surface area contributed by atoms with E-state index >= 15 is 0 Å². The summed E-state index contributed by atoms with van der Waals surface area (Å²) in [6.07, 6.45) is 4.01. The number of nitrogens with one attached hydrogen (secondary N) is 2. The number of halogens is 1. The number of aliphatic imine (C=N–C) groups is 1. The molecule has 128 valence electrons. The Morgan fingerprint density at radius 3 is 2.68 bits per heavy atom. The quantitative estimate of drug-likeness (QED) is 0.278. The van der Waals surface area contributed by atoms with E-state index in [1.807, 2.05) is 12.1 Å². The van der Waals surface area contributed by atoms with Crippen LogP contribution < -0.4 is 10.6 Å². The van der Waals surface area contributed by atoms with Gasteiger partial charge in [0.2, 0.25) is 0 Å². The van der Waals surface area contributed by atoms with Gasteiger partial charge in [-0.1, -0.05) is 0 Å². The lowest BCUT2D eigenvalue weighted by Crippen LogP contribution is -2.38. The Morgan fingerprint density at radius 2 is 2.09 bits per heavy atom. The summed E-state index contributed by atoms with van der Waals surface area (Å²) in [5, 5.41) is 6.61. The molecule has 1 rings (SSSR count). The lowest BCUT2D eigenvalue weighted by atomic mass is 10.2. The first-order valence-corrected chi connectivity index (χ1v) is 7.88. The smallest absolute Gasteiger partial charge is 0.191 e. The van der Waals surface area contributed by atoms with Crippen LogP contribution >= 0.6 is 24.0 Å². The van der Waals surface area contributed by atoms with Crippen LogP contribution in [-0.4, -0.2) is 43.6 Å². The maximum atomic E-state index is 5.29. The lowest BCUT2D eigenvalue weighted by Gasteiger charge is -2.20. The van der Waals surface area contributed by atoms with Crippen molar-refractivity contribution >= 4 is 29.9 Å². The van der Waals surface area contributed by atoms with Gasteiger partial charge in [0.25, 0.3) is 0 Å².